The van der Waals surface area contributed by atoms with Crippen molar-refractivity contribution in [1.29, 1.82) is 0 Å². The average Bonchev–Trinajstić information content (AvgIpc) is 2.27. The molecular formula is C14H30N2. The van der Waals surface area contributed by atoms with E-state index in [0.717, 1.165) is 12.0 Å². The van der Waals surface area contributed by atoms with E-state index in [4.69, 9.17) is 0 Å². The third kappa shape index (κ3) is 4.42. The molecule has 0 aromatic carbocycles. The fourth-order valence-electron chi connectivity index (χ4n) is 2.73. The second-order valence-electron chi connectivity index (χ2n) is 5.55. The maximum absolute atomic E-state index is 3.62. The first-order valence-corrected chi connectivity index (χ1v) is 7.14. The molecule has 1 saturated heterocycles. The highest BCUT2D eigenvalue weighted by Crippen LogP contribution is 2.16. The normalized spacial score (nSPS) is 30.8. The lowest BCUT2D eigenvalue weighted by Gasteiger charge is -2.36. The Bertz CT molecular complexity index is 182. The zero-order chi connectivity index (χ0) is 12.0. The lowest BCUT2D eigenvalue weighted by atomic mass is 10.0. The molecule has 0 bridgehead atoms. The Kier molecular flexibility index (Phi) is 6.37. The van der Waals surface area contributed by atoms with Gasteiger partial charge in [-0.1, -0.05) is 27.2 Å². The van der Waals surface area contributed by atoms with Crippen molar-refractivity contribution < 1.29 is 0 Å². The van der Waals surface area contributed by atoms with E-state index in [9.17, 15) is 0 Å². The van der Waals surface area contributed by atoms with Crippen LogP contribution < -0.4 is 5.32 Å². The van der Waals surface area contributed by atoms with E-state index >= 15 is 0 Å². The molecule has 0 aliphatic carbocycles. The summed E-state index contributed by atoms with van der Waals surface area (Å²) < 4.78 is 0. The summed E-state index contributed by atoms with van der Waals surface area (Å²) in [5.74, 6) is 0.786. The SMILES string of the molecule is CCCC(CC)N1CCC(C)NCC(C)C1. The Morgan fingerprint density at radius 2 is 2.06 bits per heavy atom. The molecule has 96 valence electrons. The van der Waals surface area contributed by atoms with E-state index in [1.165, 1.54) is 45.3 Å². The number of nitrogens with zero attached hydrogens (tertiary/aromatic N) is 1. The van der Waals surface area contributed by atoms with Gasteiger partial charge in [0, 0.05) is 18.6 Å². The molecule has 1 fully saturated rings. The van der Waals surface area contributed by atoms with Crippen molar-refractivity contribution in [3.05, 3.63) is 0 Å². The van der Waals surface area contributed by atoms with Crippen molar-refractivity contribution in [3.63, 3.8) is 0 Å². The Labute approximate surface area is 102 Å². The van der Waals surface area contributed by atoms with Crippen LogP contribution in [0.15, 0.2) is 0 Å². The van der Waals surface area contributed by atoms with E-state index < -0.39 is 0 Å². The Morgan fingerprint density at radius 1 is 1.31 bits per heavy atom. The highest BCUT2D eigenvalue weighted by molar-refractivity contribution is 4.78. The molecule has 0 saturated carbocycles. The van der Waals surface area contributed by atoms with Gasteiger partial charge in [-0.2, -0.15) is 0 Å². The topological polar surface area (TPSA) is 15.3 Å². The molecule has 16 heavy (non-hydrogen) atoms. The van der Waals surface area contributed by atoms with Gasteiger partial charge in [0.05, 0.1) is 0 Å². The van der Waals surface area contributed by atoms with Crippen LogP contribution in [0.3, 0.4) is 0 Å². The number of nitrogens with one attached hydrogen (secondary N) is 1. The zero-order valence-electron chi connectivity index (χ0n) is 11.6. The molecule has 1 N–H and O–H groups in total. The monoisotopic (exact) mass is 226 g/mol. The highest BCUT2D eigenvalue weighted by atomic mass is 15.2. The molecule has 1 rings (SSSR count). The average molecular weight is 226 g/mol. The Hall–Kier alpha value is -0.0800. The molecule has 0 radical (unpaired) electrons. The van der Waals surface area contributed by atoms with Gasteiger partial charge >= 0.3 is 0 Å². The fourth-order valence-corrected chi connectivity index (χ4v) is 2.73. The van der Waals surface area contributed by atoms with Gasteiger partial charge in [-0.25, -0.2) is 0 Å². The van der Waals surface area contributed by atoms with E-state index in [2.05, 4.69) is 37.9 Å². The standard InChI is InChI=1S/C14H30N2/c1-5-7-14(6-2)16-9-8-13(4)15-10-12(3)11-16/h12-15H,5-11H2,1-4H3. The summed E-state index contributed by atoms with van der Waals surface area (Å²) in [6, 6.07) is 1.50. The molecule has 1 heterocycles. The van der Waals surface area contributed by atoms with Crippen LogP contribution in [0.2, 0.25) is 0 Å². The van der Waals surface area contributed by atoms with Gasteiger partial charge in [0.15, 0.2) is 0 Å². The van der Waals surface area contributed by atoms with Crippen molar-refractivity contribution in [3.8, 4) is 0 Å². The fraction of sp³-hybridized carbons (Fsp3) is 1.00. The maximum atomic E-state index is 3.62. The van der Waals surface area contributed by atoms with Crippen molar-refractivity contribution >= 4 is 0 Å². The summed E-state index contributed by atoms with van der Waals surface area (Å²) in [4.78, 5) is 2.74. The Balaban J connectivity index is 2.53. The van der Waals surface area contributed by atoms with E-state index in [1.54, 1.807) is 0 Å². The third-order valence-corrected chi connectivity index (χ3v) is 3.82. The van der Waals surface area contributed by atoms with Crippen molar-refractivity contribution in [1.82, 2.24) is 10.2 Å². The highest BCUT2D eigenvalue weighted by Gasteiger charge is 2.21. The quantitative estimate of drug-likeness (QED) is 0.793. The lowest BCUT2D eigenvalue weighted by Crippen LogP contribution is -2.46. The molecule has 3 unspecified atom stereocenters. The molecule has 2 nitrogen and oxygen atoms in total. The molecule has 3 atom stereocenters. The molecular weight excluding hydrogens is 196 g/mol. The van der Waals surface area contributed by atoms with E-state index in [-0.39, 0.29) is 0 Å². The second kappa shape index (κ2) is 7.29. The predicted molar refractivity (Wildman–Crippen MR) is 71.8 cm³/mol. The van der Waals surface area contributed by atoms with Gasteiger partial charge in [0.25, 0.3) is 0 Å². The van der Waals surface area contributed by atoms with Crippen LogP contribution in [-0.2, 0) is 0 Å². The van der Waals surface area contributed by atoms with Gasteiger partial charge in [-0.15, -0.1) is 0 Å². The zero-order valence-corrected chi connectivity index (χ0v) is 11.6. The molecule has 0 spiro atoms. The third-order valence-electron chi connectivity index (χ3n) is 3.82. The Morgan fingerprint density at radius 3 is 2.69 bits per heavy atom. The minimum absolute atomic E-state index is 0.685. The molecule has 0 amide bonds. The summed E-state index contributed by atoms with van der Waals surface area (Å²) in [5.41, 5.74) is 0. The molecule has 1 aliphatic rings. The van der Waals surface area contributed by atoms with Gasteiger partial charge in [-0.05, 0) is 45.2 Å². The van der Waals surface area contributed by atoms with Crippen LogP contribution in [0.25, 0.3) is 0 Å². The summed E-state index contributed by atoms with van der Waals surface area (Å²) in [5, 5.41) is 3.62. The van der Waals surface area contributed by atoms with E-state index in [0.29, 0.717) is 6.04 Å². The first-order valence-electron chi connectivity index (χ1n) is 7.14. The minimum atomic E-state index is 0.685. The van der Waals surface area contributed by atoms with Crippen LogP contribution in [-0.4, -0.2) is 36.6 Å². The van der Waals surface area contributed by atoms with E-state index in [1.807, 2.05) is 0 Å². The number of hydrogen-bond donors (Lipinski definition) is 1. The van der Waals surface area contributed by atoms with Crippen LogP contribution in [0, 0.1) is 5.92 Å². The molecule has 0 aromatic heterocycles. The van der Waals surface area contributed by atoms with Crippen molar-refractivity contribution in [2.24, 2.45) is 5.92 Å². The first kappa shape index (κ1) is 14.0. The first-order chi connectivity index (χ1) is 7.67. The predicted octanol–water partition coefficient (Wildman–Crippen LogP) is 2.89. The minimum Gasteiger partial charge on any atom is -0.314 e. The van der Waals surface area contributed by atoms with Crippen LogP contribution >= 0.6 is 0 Å². The smallest absolute Gasteiger partial charge is 0.00926 e. The largest absolute Gasteiger partial charge is 0.314 e. The molecule has 2 heteroatoms. The van der Waals surface area contributed by atoms with Gasteiger partial charge in [0.2, 0.25) is 0 Å². The second-order valence-corrected chi connectivity index (χ2v) is 5.55. The van der Waals surface area contributed by atoms with Gasteiger partial charge < -0.3 is 10.2 Å². The summed E-state index contributed by atoms with van der Waals surface area (Å²) in [6.45, 7) is 13.1. The molecule has 0 aromatic rings. The number of hydrogen-bond acceptors (Lipinski definition) is 2. The van der Waals surface area contributed by atoms with Crippen molar-refractivity contribution in [2.75, 3.05) is 19.6 Å². The summed E-state index contributed by atoms with van der Waals surface area (Å²) in [7, 11) is 0. The molecule has 1 aliphatic heterocycles. The summed E-state index contributed by atoms with van der Waals surface area (Å²) >= 11 is 0. The van der Waals surface area contributed by atoms with Crippen LogP contribution in [0.5, 0.6) is 0 Å². The van der Waals surface area contributed by atoms with Crippen LogP contribution in [0.4, 0.5) is 0 Å². The summed E-state index contributed by atoms with van der Waals surface area (Å²) in [6.07, 6.45) is 5.29. The maximum Gasteiger partial charge on any atom is 0.00926 e. The number of rotatable bonds is 4. The van der Waals surface area contributed by atoms with Gasteiger partial charge in [0.1, 0.15) is 0 Å². The van der Waals surface area contributed by atoms with Crippen LogP contribution in [0.1, 0.15) is 53.4 Å². The van der Waals surface area contributed by atoms with Gasteiger partial charge in [-0.3, -0.25) is 0 Å². The van der Waals surface area contributed by atoms with Crippen molar-refractivity contribution in [2.45, 2.75) is 65.5 Å². The lowest BCUT2D eigenvalue weighted by molar-refractivity contribution is 0.136.